The first-order chi connectivity index (χ1) is 11.3. The molecule has 0 aliphatic rings. The van der Waals surface area contributed by atoms with Gasteiger partial charge in [-0.1, -0.05) is 51.0 Å². The van der Waals surface area contributed by atoms with Crippen molar-refractivity contribution >= 4 is 17.7 Å². The molecule has 0 amide bonds. The summed E-state index contributed by atoms with van der Waals surface area (Å²) in [4.78, 5) is -0.389. The smallest absolute Gasteiger partial charge is 0.207 e. The van der Waals surface area contributed by atoms with Crippen LogP contribution in [0.15, 0.2) is 58.3 Å². The van der Waals surface area contributed by atoms with Gasteiger partial charge in [0.1, 0.15) is 0 Å². The quantitative estimate of drug-likeness (QED) is 0.700. The largest absolute Gasteiger partial charge is 0.286 e. The van der Waals surface area contributed by atoms with Gasteiger partial charge in [-0.2, -0.15) is 0 Å². The Morgan fingerprint density at radius 3 is 1.12 bits per heavy atom. The van der Waals surface area contributed by atoms with Gasteiger partial charge >= 0.3 is 0 Å². The molecule has 2 rings (SSSR count). The average Bonchev–Trinajstić information content (AvgIpc) is 2.56. The maximum absolute atomic E-state index is 12.5. The van der Waals surface area contributed by atoms with Crippen LogP contribution in [0.4, 0.5) is 0 Å². The van der Waals surface area contributed by atoms with Crippen molar-refractivity contribution in [2.45, 2.75) is 49.3 Å². The Bertz CT molecular complexity index is 802. The van der Waals surface area contributed by atoms with E-state index in [1.54, 1.807) is 24.3 Å². The highest BCUT2D eigenvalue weighted by molar-refractivity contribution is 8.67. The number of rotatable bonds is 7. The molecule has 6 heteroatoms. The molecule has 0 fully saturated rings. The molecule has 0 aliphatic carbocycles. The first-order valence-electron chi connectivity index (χ1n) is 8.01. The Hall–Kier alpha value is -1.66. The third kappa shape index (κ3) is 3.70. The van der Waals surface area contributed by atoms with Crippen molar-refractivity contribution in [1.29, 1.82) is 0 Å². The maximum Gasteiger partial charge on any atom is 0.286 e. The summed E-state index contributed by atoms with van der Waals surface area (Å²) in [5, 5.41) is 0. The van der Waals surface area contributed by atoms with Crippen molar-refractivity contribution in [3.8, 4) is 0 Å². The molecular formula is C18H22O4S2. The van der Waals surface area contributed by atoms with Crippen LogP contribution in [0.3, 0.4) is 0 Å². The van der Waals surface area contributed by atoms with E-state index in [-0.39, 0.29) is 9.79 Å². The lowest BCUT2D eigenvalue weighted by Gasteiger charge is -2.08. The molecule has 0 heterocycles. The molecule has 0 saturated heterocycles. The van der Waals surface area contributed by atoms with Gasteiger partial charge in [-0.05, 0) is 48.2 Å². The predicted octanol–water partition coefficient (Wildman–Crippen LogP) is 3.75. The second-order valence-corrected chi connectivity index (χ2v) is 11.1. The predicted molar refractivity (Wildman–Crippen MR) is 95.2 cm³/mol. The van der Waals surface area contributed by atoms with Crippen LogP contribution in [-0.4, -0.2) is 16.8 Å². The van der Waals surface area contributed by atoms with Crippen LogP contribution >= 0.6 is 0 Å². The average molecular weight is 367 g/mol. The minimum atomic E-state index is -4.48. The van der Waals surface area contributed by atoms with Crippen LogP contribution in [0.1, 0.15) is 37.8 Å². The van der Waals surface area contributed by atoms with Crippen LogP contribution in [0.25, 0.3) is 0 Å². The van der Waals surface area contributed by atoms with E-state index >= 15 is 0 Å². The highest BCUT2D eigenvalue weighted by Gasteiger charge is 2.33. The Labute approximate surface area is 143 Å². The number of hydrogen-bond donors (Lipinski definition) is 0. The van der Waals surface area contributed by atoms with E-state index in [0.717, 1.165) is 36.8 Å². The standard InChI is InChI=1S/C18H22O4S2/c1-3-5-15-7-11-17(12-8-15)23(19,20)24(21,22)18-13-9-16(6-4-2)10-14-18/h7-14H,3-6H2,1-2H3. The molecule has 0 atom stereocenters. The fraction of sp³-hybridized carbons (Fsp3) is 0.333. The lowest BCUT2D eigenvalue weighted by atomic mass is 10.1. The monoisotopic (exact) mass is 366 g/mol. The summed E-state index contributed by atoms with van der Waals surface area (Å²) in [5.41, 5.74) is 1.97. The summed E-state index contributed by atoms with van der Waals surface area (Å²) >= 11 is 0. The lowest BCUT2D eigenvalue weighted by Crippen LogP contribution is -2.16. The van der Waals surface area contributed by atoms with Gasteiger partial charge in [-0.3, -0.25) is 0 Å². The Morgan fingerprint density at radius 2 is 0.875 bits per heavy atom. The zero-order chi connectivity index (χ0) is 17.8. The van der Waals surface area contributed by atoms with Crippen molar-refractivity contribution in [3.63, 3.8) is 0 Å². The van der Waals surface area contributed by atoms with Crippen molar-refractivity contribution in [2.24, 2.45) is 0 Å². The minimum absolute atomic E-state index is 0.194. The molecule has 130 valence electrons. The SMILES string of the molecule is CCCc1ccc(S(=O)(=O)S(=O)(=O)c2ccc(CCC)cc2)cc1. The molecule has 24 heavy (non-hydrogen) atoms. The minimum Gasteiger partial charge on any atom is -0.207 e. The van der Waals surface area contributed by atoms with Gasteiger partial charge in [0.05, 0.1) is 9.79 Å². The summed E-state index contributed by atoms with van der Waals surface area (Å²) < 4.78 is 50.2. The van der Waals surface area contributed by atoms with Crippen molar-refractivity contribution in [3.05, 3.63) is 59.7 Å². The first-order valence-corrected chi connectivity index (χ1v) is 11.5. The fourth-order valence-corrected chi connectivity index (χ4v) is 6.11. The van der Waals surface area contributed by atoms with E-state index in [1.165, 1.54) is 24.3 Å². The van der Waals surface area contributed by atoms with Gasteiger partial charge in [-0.15, -0.1) is 0 Å². The molecule has 0 saturated carbocycles. The van der Waals surface area contributed by atoms with Gasteiger partial charge in [0.25, 0.3) is 17.7 Å². The van der Waals surface area contributed by atoms with Crippen LogP contribution in [0.2, 0.25) is 0 Å². The number of benzene rings is 2. The zero-order valence-corrected chi connectivity index (χ0v) is 15.5. The van der Waals surface area contributed by atoms with Crippen molar-refractivity contribution < 1.29 is 16.8 Å². The lowest BCUT2D eigenvalue weighted by molar-refractivity contribution is 0.582. The number of hydrogen-bond acceptors (Lipinski definition) is 4. The van der Waals surface area contributed by atoms with Crippen molar-refractivity contribution in [1.82, 2.24) is 0 Å². The highest BCUT2D eigenvalue weighted by atomic mass is 33.2. The molecule has 0 radical (unpaired) electrons. The summed E-state index contributed by atoms with van der Waals surface area (Å²) in [6.45, 7) is 4.05. The molecule has 0 spiro atoms. The number of aryl methyl sites for hydroxylation is 2. The van der Waals surface area contributed by atoms with Crippen LogP contribution < -0.4 is 0 Å². The summed E-state index contributed by atoms with van der Waals surface area (Å²) in [5.74, 6) is 0. The second-order valence-electron chi connectivity index (χ2n) is 5.70. The van der Waals surface area contributed by atoms with Gasteiger partial charge < -0.3 is 0 Å². The van der Waals surface area contributed by atoms with E-state index < -0.39 is 17.7 Å². The highest BCUT2D eigenvalue weighted by Crippen LogP contribution is 2.25. The van der Waals surface area contributed by atoms with Crippen LogP contribution in [-0.2, 0) is 30.6 Å². The summed E-state index contributed by atoms with van der Waals surface area (Å²) in [6, 6.07) is 12.1. The Morgan fingerprint density at radius 1 is 0.583 bits per heavy atom. The Kier molecular flexibility index (Phi) is 5.83. The molecule has 0 aliphatic heterocycles. The van der Waals surface area contributed by atoms with Crippen LogP contribution in [0, 0.1) is 0 Å². The van der Waals surface area contributed by atoms with E-state index in [9.17, 15) is 16.8 Å². The molecule has 0 unspecified atom stereocenters. The third-order valence-electron chi connectivity index (χ3n) is 3.79. The molecule has 0 bridgehead atoms. The summed E-state index contributed by atoms with van der Waals surface area (Å²) in [6.07, 6.45) is 3.53. The van der Waals surface area contributed by atoms with Gasteiger partial charge in [0, 0.05) is 0 Å². The first kappa shape index (κ1) is 18.7. The molecule has 0 N–H and O–H groups in total. The topological polar surface area (TPSA) is 68.3 Å². The van der Waals surface area contributed by atoms with E-state index in [0.29, 0.717) is 0 Å². The van der Waals surface area contributed by atoms with Gasteiger partial charge in [-0.25, -0.2) is 16.8 Å². The van der Waals surface area contributed by atoms with E-state index in [2.05, 4.69) is 0 Å². The maximum atomic E-state index is 12.5. The van der Waals surface area contributed by atoms with E-state index in [4.69, 9.17) is 0 Å². The zero-order valence-electron chi connectivity index (χ0n) is 13.9. The normalized spacial score (nSPS) is 12.2. The fourth-order valence-electron chi connectivity index (χ4n) is 2.48. The third-order valence-corrected chi connectivity index (χ3v) is 8.95. The molecule has 2 aromatic carbocycles. The molecule has 4 nitrogen and oxygen atoms in total. The van der Waals surface area contributed by atoms with Crippen molar-refractivity contribution in [2.75, 3.05) is 0 Å². The van der Waals surface area contributed by atoms with Gasteiger partial charge in [0.15, 0.2) is 0 Å². The summed E-state index contributed by atoms with van der Waals surface area (Å²) in [7, 11) is -8.95. The molecule has 0 aromatic heterocycles. The van der Waals surface area contributed by atoms with E-state index in [1.807, 2.05) is 13.8 Å². The molecule has 2 aromatic rings. The second kappa shape index (κ2) is 7.49. The van der Waals surface area contributed by atoms with Crippen LogP contribution in [0.5, 0.6) is 0 Å². The molecular weight excluding hydrogens is 344 g/mol. The Balaban J connectivity index is 2.39. The van der Waals surface area contributed by atoms with Gasteiger partial charge in [0.2, 0.25) is 0 Å².